The van der Waals surface area contributed by atoms with Crippen LogP contribution in [-0.2, 0) is 21.8 Å². The van der Waals surface area contributed by atoms with Gasteiger partial charge in [0.15, 0.2) is 29.4 Å². The SMILES string of the molecule is O=C(O)c1c([O-])cccc1F.O=C(O)c1cc(F)ccc1[O-].c1ccc([S+](c2ccccc2)c2ccccc2)cc1.c1ccc([S+](c2ccccc2)c2ccccc2)cc1. The molecule has 0 bridgehead atoms. The molecule has 0 aliphatic rings. The zero-order valence-electron chi connectivity index (χ0n) is 31.9. The van der Waals surface area contributed by atoms with Gasteiger partial charge >= 0.3 is 11.9 Å². The van der Waals surface area contributed by atoms with Crippen molar-refractivity contribution in [2.24, 2.45) is 0 Å². The first-order chi connectivity index (χ1) is 29.1. The van der Waals surface area contributed by atoms with Crippen molar-refractivity contribution in [2.75, 3.05) is 0 Å². The largest absolute Gasteiger partial charge is 0.872 e. The Hall–Kier alpha value is -7.14. The Morgan fingerprint density at radius 1 is 0.383 bits per heavy atom. The van der Waals surface area contributed by atoms with Crippen molar-refractivity contribution in [3.63, 3.8) is 0 Å². The second kappa shape index (κ2) is 22.7. The summed E-state index contributed by atoms with van der Waals surface area (Å²) in [6.45, 7) is 0. The molecule has 0 saturated carbocycles. The third-order valence-corrected chi connectivity index (χ3v) is 12.7. The summed E-state index contributed by atoms with van der Waals surface area (Å²) < 4.78 is 24.8. The van der Waals surface area contributed by atoms with E-state index in [0.717, 1.165) is 24.3 Å². The Kier molecular flexibility index (Phi) is 16.6. The van der Waals surface area contributed by atoms with E-state index in [1.54, 1.807) is 0 Å². The maximum absolute atomic E-state index is 12.5. The van der Waals surface area contributed by atoms with E-state index in [1.165, 1.54) is 35.4 Å². The molecule has 0 heterocycles. The number of aromatic carboxylic acids is 2. The Labute approximate surface area is 353 Å². The van der Waals surface area contributed by atoms with E-state index in [9.17, 15) is 28.6 Å². The molecular weight excluding hydrogens is 799 g/mol. The molecule has 0 aliphatic heterocycles. The van der Waals surface area contributed by atoms with Gasteiger partial charge in [-0.3, -0.25) is 0 Å². The molecule has 2 N–H and O–H groups in total. The summed E-state index contributed by atoms with van der Waals surface area (Å²) in [5.41, 5.74) is -1.34. The van der Waals surface area contributed by atoms with Gasteiger partial charge in [-0.25, -0.2) is 18.4 Å². The normalized spacial score (nSPS) is 10.2. The van der Waals surface area contributed by atoms with Crippen molar-refractivity contribution in [1.29, 1.82) is 0 Å². The lowest BCUT2D eigenvalue weighted by Gasteiger charge is -2.08. The van der Waals surface area contributed by atoms with E-state index in [0.29, 0.717) is 6.07 Å². The van der Waals surface area contributed by atoms with Gasteiger partial charge in [-0.1, -0.05) is 139 Å². The predicted molar refractivity (Wildman–Crippen MR) is 229 cm³/mol. The summed E-state index contributed by atoms with van der Waals surface area (Å²) in [5, 5.41) is 38.0. The lowest BCUT2D eigenvalue weighted by atomic mass is 10.2. The van der Waals surface area contributed by atoms with Gasteiger partial charge in [0.2, 0.25) is 0 Å². The fourth-order valence-corrected chi connectivity index (χ4v) is 9.75. The first-order valence-electron chi connectivity index (χ1n) is 18.3. The summed E-state index contributed by atoms with van der Waals surface area (Å²) in [4.78, 5) is 28.6. The number of rotatable bonds is 8. The average Bonchev–Trinajstić information content (AvgIpc) is 3.27. The van der Waals surface area contributed by atoms with Crippen molar-refractivity contribution >= 4 is 33.7 Å². The Balaban J connectivity index is 0.000000157. The number of halogens is 2. The van der Waals surface area contributed by atoms with E-state index in [1.807, 2.05) is 0 Å². The van der Waals surface area contributed by atoms with Crippen molar-refractivity contribution in [2.45, 2.75) is 29.4 Å². The van der Waals surface area contributed by atoms with E-state index in [4.69, 9.17) is 10.2 Å². The highest BCUT2D eigenvalue weighted by atomic mass is 32.2. The zero-order valence-corrected chi connectivity index (χ0v) is 33.5. The number of hydrogen-bond donors (Lipinski definition) is 2. The van der Waals surface area contributed by atoms with Crippen LogP contribution in [-0.4, -0.2) is 22.2 Å². The van der Waals surface area contributed by atoms with Crippen LogP contribution in [0.5, 0.6) is 11.5 Å². The molecule has 8 rings (SSSR count). The summed E-state index contributed by atoms with van der Waals surface area (Å²) in [6, 6.07) is 69.9. The van der Waals surface area contributed by atoms with Crippen LogP contribution in [0.2, 0.25) is 0 Å². The highest BCUT2D eigenvalue weighted by molar-refractivity contribution is 7.97. The van der Waals surface area contributed by atoms with Crippen LogP contribution in [0.1, 0.15) is 20.7 Å². The molecule has 0 atom stereocenters. The summed E-state index contributed by atoms with van der Waals surface area (Å²) in [6.07, 6.45) is 0. The number of hydrogen-bond acceptors (Lipinski definition) is 4. The highest BCUT2D eigenvalue weighted by Crippen LogP contribution is 2.32. The van der Waals surface area contributed by atoms with Gasteiger partial charge in [0.25, 0.3) is 0 Å². The van der Waals surface area contributed by atoms with E-state index in [2.05, 4.69) is 182 Å². The van der Waals surface area contributed by atoms with Gasteiger partial charge in [0.05, 0.1) is 32.9 Å². The zero-order chi connectivity index (χ0) is 42.7. The second-order valence-electron chi connectivity index (χ2n) is 12.4. The number of benzene rings is 8. The Morgan fingerprint density at radius 2 is 0.700 bits per heavy atom. The summed E-state index contributed by atoms with van der Waals surface area (Å²) in [5.74, 6) is -6.15. The highest BCUT2D eigenvalue weighted by Gasteiger charge is 2.28. The van der Waals surface area contributed by atoms with Gasteiger partial charge in [-0.15, -0.1) is 0 Å². The maximum atomic E-state index is 12.5. The molecule has 0 spiro atoms. The molecular formula is C50H38F2O6S2. The average molecular weight is 837 g/mol. The van der Waals surface area contributed by atoms with Crippen LogP contribution < -0.4 is 10.2 Å². The van der Waals surface area contributed by atoms with Crippen LogP contribution in [0.3, 0.4) is 0 Å². The van der Waals surface area contributed by atoms with Gasteiger partial charge in [0.1, 0.15) is 11.6 Å². The molecule has 0 saturated heterocycles. The third kappa shape index (κ3) is 12.7. The molecule has 0 aromatic heterocycles. The van der Waals surface area contributed by atoms with Crippen LogP contribution in [0, 0.1) is 11.6 Å². The van der Waals surface area contributed by atoms with Crippen molar-refractivity contribution in [1.82, 2.24) is 0 Å². The van der Waals surface area contributed by atoms with Gasteiger partial charge in [-0.2, -0.15) is 0 Å². The number of carboxylic acids is 2. The Bertz CT molecular complexity index is 2210. The van der Waals surface area contributed by atoms with Crippen LogP contribution in [0.4, 0.5) is 8.78 Å². The molecule has 8 aromatic rings. The van der Waals surface area contributed by atoms with Crippen molar-refractivity contribution in [3.05, 3.63) is 241 Å². The minimum Gasteiger partial charge on any atom is -0.872 e. The van der Waals surface area contributed by atoms with Gasteiger partial charge < -0.3 is 20.4 Å². The van der Waals surface area contributed by atoms with Gasteiger partial charge in [0, 0.05) is 0 Å². The molecule has 0 radical (unpaired) electrons. The van der Waals surface area contributed by atoms with Crippen LogP contribution in [0.25, 0.3) is 0 Å². The number of carboxylic acid groups (broad SMARTS) is 2. The lowest BCUT2D eigenvalue weighted by Crippen LogP contribution is -2.06. The van der Waals surface area contributed by atoms with Crippen LogP contribution in [0.15, 0.2) is 248 Å². The van der Waals surface area contributed by atoms with Crippen LogP contribution >= 0.6 is 0 Å². The lowest BCUT2D eigenvalue weighted by molar-refractivity contribution is -0.269. The summed E-state index contributed by atoms with van der Waals surface area (Å²) in [7, 11) is -0.0293. The first kappa shape index (κ1) is 44.0. The van der Waals surface area contributed by atoms with E-state index >= 15 is 0 Å². The molecule has 300 valence electrons. The third-order valence-electron chi connectivity index (χ3n) is 8.23. The minimum atomic E-state index is -1.53. The molecule has 0 fully saturated rings. The molecule has 0 aliphatic carbocycles. The monoisotopic (exact) mass is 836 g/mol. The molecule has 60 heavy (non-hydrogen) atoms. The van der Waals surface area contributed by atoms with Crippen molar-refractivity contribution in [3.8, 4) is 11.5 Å². The molecule has 0 amide bonds. The number of carbonyl (C=O) groups is 2. The smallest absolute Gasteiger partial charge is 0.338 e. The maximum Gasteiger partial charge on any atom is 0.338 e. The fourth-order valence-electron chi connectivity index (χ4n) is 5.54. The van der Waals surface area contributed by atoms with Crippen molar-refractivity contribution < 1.29 is 38.8 Å². The molecule has 6 nitrogen and oxygen atoms in total. The summed E-state index contributed by atoms with van der Waals surface area (Å²) >= 11 is 0. The first-order valence-corrected chi connectivity index (χ1v) is 20.8. The van der Waals surface area contributed by atoms with E-state index in [-0.39, 0.29) is 21.8 Å². The standard InChI is InChI=1S/2C18H15S.2C7H5FO3/c2*1-4-10-16(11-5-1)19(17-12-6-2-7-13-17)18-14-8-3-9-15-18;8-4-1-2-6(9)5(3-4)7(10)11;8-4-2-1-3-5(9)6(4)7(10)11/h2*1-15H;2*1-3,9H,(H,10,11)/q2*+1;;/p-2. The molecule has 0 unspecified atom stereocenters. The quantitative estimate of drug-likeness (QED) is 0.147. The topological polar surface area (TPSA) is 121 Å². The molecule has 8 aromatic carbocycles. The van der Waals surface area contributed by atoms with Gasteiger partial charge in [-0.05, 0) is 91.0 Å². The predicted octanol–water partition coefficient (Wildman–Crippen LogP) is 10.8. The molecule has 10 heteroatoms. The fraction of sp³-hybridized carbons (Fsp3) is 0. The van der Waals surface area contributed by atoms with E-state index < -0.39 is 46.2 Å². The Morgan fingerprint density at radius 3 is 0.933 bits per heavy atom. The second-order valence-corrected chi connectivity index (χ2v) is 16.4. The minimum absolute atomic E-state index is 0.0146.